The van der Waals surface area contributed by atoms with Gasteiger partial charge < -0.3 is 14.8 Å². The number of rotatable bonds is 6. The van der Waals surface area contributed by atoms with Crippen LogP contribution in [-0.4, -0.2) is 37.0 Å². The third kappa shape index (κ3) is 3.38. The van der Waals surface area contributed by atoms with Crippen LogP contribution in [0.15, 0.2) is 12.3 Å². The van der Waals surface area contributed by atoms with E-state index >= 15 is 0 Å². The highest BCUT2D eigenvalue weighted by Gasteiger charge is 2.13. The fourth-order valence-corrected chi connectivity index (χ4v) is 1.22. The van der Waals surface area contributed by atoms with Gasteiger partial charge in [0.25, 0.3) is 5.69 Å². The number of hydrogen-bond donors (Lipinski definition) is 1. The maximum atomic E-state index is 10.5. The van der Waals surface area contributed by atoms with Crippen molar-refractivity contribution in [3.63, 3.8) is 0 Å². The first kappa shape index (κ1) is 13.8. The van der Waals surface area contributed by atoms with Crippen LogP contribution in [0.1, 0.15) is 5.56 Å². The van der Waals surface area contributed by atoms with Gasteiger partial charge in [-0.2, -0.15) is 5.26 Å². The highest BCUT2D eigenvalue weighted by molar-refractivity contribution is 5.55. The number of anilines is 1. The van der Waals surface area contributed by atoms with E-state index in [2.05, 4.69) is 10.3 Å². The number of hydrogen-bond acceptors (Lipinski definition) is 7. The SMILES string of the molecule is COC(CNc1ncc([N+](=O)[O-])cc1C#N)OC. The number of nitrogens with zero attached hydrogens (tertiary/aromatic N) is 3. The van der Waals surface area contributed by atoms with Crippen molar-refractivity contribution in [2.75, 3.05) is 26.1 Å². The molecule has 1 heterocycles. The lowest BCUT2D eigenvalue weighted by molar-refractivity contribution is -0.385. The van der Waals surface area contributed by atoms with Gasteiger partial charge in [0, 0.05) is 20.3 Å². The van der Waals surface area contributed by atoms with Gasteiger partial charge in [0.1, 0.15) is 23.6 Å². The molecule has 1 aromatic rings. The molecule has 8 heteroatoms. The molecule has 0 aliphatic carbocycles. The van der Waals surface area contributed by atoms with E-state index in [9.17, 15) is 10.1 Å². The predicted molar refractivity (Wildman–Crippen MR) is 61.9 cm³/mol. The van der Waals surface area contributed by atoms with E-state index in [1.165, 1.54) is 14.2 Å². The van der Waals surface area contributed by atoms with Gasteiger partial charge in [-0.05, 0) is 0 Å². The molecular formula is C10H12N4O4. The Hall–Kier alpha value is -2.24. The Morgan fingerprint density at radius 3 is 2.78 bits per heavy atom. The predicted octanol–water partition coefficient (Wildman–Crippen LogP) is 0.892. The largest absolute Gasteiger partial charge is 0.364 e. The minimum atomic E-state index is -0.606. The van der Waals surface area contributed by atoms with Crippen molar-refractivity contribution in [1.82, 2.24) is 4.98 Å². The molecule has 0 aliphatic heterocycles. The van der Waals surface area contributed by atoms with Crippen molar-refractivity contribution in [3.05, 3.63) is 27.9 Å². The molecule has 0 spiro atoms. The third-order valence-electron chi connectivity index (χ3n) is 2.17. The van der Waals surface area contributed by atoms with Crippen molar-refractivity contribution >= 4 is 11.5 Å². The summed E-state index contributed by atoms with van der Waals surface area (Å²) in [5.41, 5.74) is -0.137. The first-order chi connectivity index (χ1) is 8.62. The average Bonchev–Trinajstić information content (AvgIpc) is 2.39. The van der Waals surface area contributed by atoms with Crippen molar-refractivity contribution in [2.24, 2.45) is 0 Å². The molecule has 8 nitrogen and oxygen atoms in total. The second kappa shape index (κ2) is 6.48. The van der Waals surface area contributed by atoms with Crippen molar-refractivity contribution in [2.45, 2.75) is 6.29 Å². The number of aromatic nitrogens is 1. The molecule has 0 bridgehead atoms. The van der Waals surface area contributed by atoms with Crippen LogP contribution in [-0.2, 0) is 9.47 Å². The monoisotopic (exact) mass is 252 g/mol. The number of nitro groups is 1. The summed E-state index contributed by atoms with van der Waals surface area (Å²) in [6.07, 6.45) is 0.589. The highest BCUT2D eigenvalue weighted by atomic mass is 16.7. The quantitative estimate of drug-likeness (QED) is 0.454. The molecule has 1 rings (SSSR count). The normalized spacial score (nSPS) is 10.1. The lowest BCUT2D eigenvalue weighted by Crippen LogP contribution is -2.24. The Labute approximate surface area is 103 Å². The summed E-state index contributed by atoms with van der Waals surface area (Å²) < 4.78 is 9.91. The minimum absolute atomic E-state index is 0.0927. The Bertz CT molecular complexity index is 467. The molecule has 18 heavy (non-hydrogen) atoms. The van der Waals surface area contributed by atoms with Crippen LogP contribution in [0.25, 0.3) is 0 Å². The van der Waals surface area contributed by atoms with Crippen molar-refractivity contribution in [3.8, 4) is 6.07 Å². The molecule has 0 aromatic carbocycles. The summed E-state index contributed by atoms with van der Waals surface area (Å²) >= 11 is 0. The number of nitrogens with one attached hydrogen (secondary N) is 1. The average molecular weight is 252 g/mol. The van der Waals surface area contributed by atoms with E-state index < -0.39 is 11.2 Å². The molecule has 0 radical (unpaired) electrons. The van der Waals surface area contributed by atoms with E-state index in [0.29, 0.717) is 0 Å². The summed E-state index contributed by atoms with van der Waals surface area (Å²) in [7, 11) is 2.95. The Balaban J connectivity index is 2.84. The Morgan fingerprint density at radius 2 is 2.28 bits per heavy atom. The standard InChI is InChI=1S/C10H12N4O4/c1-17-9(18-2)6-13-10-7(4-11)3-8(5-12-10)14(15)16/h3,5,9H,6H2,1-2H3,(H,12,13). The lowest BCUT2D eigenvalue weighted by Gasteiger charge is -2.14. The van der Waals surface area contributed by atoms with E-state index in [1.807, 2.05) is 6.07 Å². The Kier molecular flexibility index (Phi) is 4.98. The zero-order chi connectivity index (χ0) is 13.5. The van der Waals surface area contributed by atoms with Crippen molar-refractivity contribution < 1.29 is 14.4 Å². The number of ether oxygens (including phenoxy) is 2. The van der Waals surface area contributed by atoms with Gasteiger partial charge in [-0.15, -0.1) is 0 Å². The fourth-order valence-electron chi connectivity index (χ4n) is 1.22. The third-order valence-corrected chi connectivity index (χ3v) is 2.17. The zero-order valence-corrected chi connectivity index (χ0v) is 9.91. The zero-order valence-electron chi connectivity index (χ0n) is 9.91. The molecule has 1 aromatic heterocycles. The summed E-state index contributed by atoms with van der Waals surface area (Å²) in [5.74, 6) is 0.252. The van der Waals surface area contributed by atoms with Crippen LogP contribution in [0.4, 0.5) is 11.5 Å². The number of nitriles is 1. The molecule has 0 fully saturated rings. The topological polar surface area (TPSA) is 110 Å². The summed E-state index contributed by atoms with van der Waals surface area (Å²) in [4.78, 5) is 13.8. The van der Waals surface area contributed by atoms with E-state index in [1.54, 1.807) is 0 Å². The van der Waals surface area contributed by atoms with E-state index in [-0.39, 0.29) is 23.6 Å². The van der Waals surface area contributed by atoms with E-state index in [4.69, 9.17) is 14.7 Å². The van der Waals surface area contributed by atoms with Gasteiger partial charge in [-0.25, -0.2) is 4.98 Å². The second-order valence-corrected chi connectivity index (χ2v) is 3.24. The minimum Gasteiger partial charge on any atom is -0.364 e. The van der Waals surface area contributed by atoms with Crippen LogP contribution in [0.5, 0.6) is 0 Å². The maximum Gasteiger partial charge on any atom is 0.289 e. The van der Waals surface area contributed by atoms with E-state index in [0.717, 1.165) is 12.3 Å². The van der Waals surface area contributed by atoms with Gasteiger partial charge >= 0.3 is 0 Å². The van der Waals surface area contributed by atoms with Gasteiger partial charge in [0.05, 0.1) is 11.5 Å². The van der Waals surface area contributed by atoms with Crippen LogP contribution < -0.4 is 5.32 Å². The van der Waals surface area contributed by atoms with Crippen molar-refractivity contribution in [1.29, 1.82) is 5.26 Å². The molecule has 1 N–H and O–H groups in total. The first-order valence-corrected chi connectivity index (χ1v) is 4.96. The van der Waals surface area contributed by atoms with Gasteiger partial charge in [0.2, 0.25) is 0 Å². The summed E-state index contributed by atoms with van der Waals surface area (Å²) in [5, 5.41) is 22.3. The van der Waals surface area contributed by atoms with Crippen LogP contribution in [0, 0.1) is 21.4 Å². The maximum absolute atomic E-state index is 10.5. The van der Waals surface area contributed by atoms with Gasteiger partial charge in [0.15, 0.2) is 6.29 Å². The molecule has 0 unspecified atom stereocenters. The van der Waals surface area contributed by atoms with Crippen LogP contribution >= 0.6 is 0 Å². The lowest BCUT2D eigenvalue weighted by atomic mass is 10.2. The Morgan fingerprint density at radius 1 is 1.61 bits per heavy atom. The molecule has 0 saturated heterocycles. The molecule has 96 valence electrons. The number of methoxy groups -OCH3 is 2. The van der Waals surface area contributed by atoms with Gasteiger partial charge in [-0.1, -0.05) is 0 Å². The summed E-state index contributed by atoms with van der Waals surface area (Å²) in [6.45, 7) is 0.270. The smallest absolute Gasteiger partial charge is 0.289 e. The summed E-state index contributed by atoms with van der Waals surface area (Å²) in [6, 6.07) is 3.00. The molecule has 0 amide bonds. The second-order valence-electron chi connectivity index (χ2n) is 3.24. The molecule has 0 saturated carbocycles. The van der Waals surface area contributed by atoms with Gasteiger partial charge in [-0.3, -0.25) is 10.1 Å². The molecule has 0 aliphatic rings. The van der Waals surface area contributed by atoms with Crippen LogP contribution in [0.3, 0.4) is 0 Å². The molecular weight excluding hydrogens is 240 g/mol. The number of pyridine rings is 1. The van der Waals surface area contributed by atoms with Crippen LogP contribution in [0.2, 0.25) is 0 Å². The fraction of sp³-hybridized carbons (Fsp3) is 0.400. The highest BCUT2D eigenvalue weighted by Crippen LogP contribution is 2.18. The molecule has 0 atom stereocenters. The first-order valence-electron chi connectivity index (χ1n) is 4.96.